The summed E-state index contributed by atoms with van der Waals surface area (Å²) in [4.78, 5) is 9.74. The fourth-order valence-corrected chi connectivity index (χ4v) is 5.48. The maximum Gasteiger partial charge on any atom is 0.169 e. The van der Waals surface area contributed by atoms with E-state index >= 15 is 0 Å². The van der Waals surface area contributed by atoms with Gasteiger partial charge < -0.3 is 19.6 Å². The number of rotatable bonds is 6. The van der Waals surface area contributed by atoms with Crippen molar-refractivity contribution >= 4 is 0 Å². The first-order chi connectivity index (χ1) is 14.5. The molecule has 0 aliphatic carbocycles. The van der Waals surface area contributed by atoms with E-state index in [4.69, 9.17) is 0 Å². The summed E-state index contributed by atoms with van der Waals surface area (Å²) in [5.74, 6) is 1.62. The largest absolute Gasteiger partial charge is 0.357 e. The Labute approximate surface area is 183 Å². The molecule has 0 aromatic carbocycles. The molecule has 6 heteroatoms. The van der Waals surface area contributed by atoms with Gasteiger partial charge in [0.15, 0.2) is 5.57 Å². The van der Waals surface area contributed by atoms with E-state index in [0.717, 1.165) is 63.6 Å². The molecule has 0 saturated carbocycles. The molecule has 0 aromatic rings. The van der Waals surface area contributed by atoms with Crippen molar-refractivity contribution in [2.45, 2.75) is 70.9 Å². The SMILES string of the molecule is CC(C)N1CCC(N(C)C(=C(C#N)C#N)N2CCC(CN3CCCCC3)CC2)CC1. The Bertz CT molecular complexity index is 634. The van der Waals surface area contributed by atoms with Gasteiger partial charge in [-0.25, -0.2) is 0 Å². The van der Waals surface area contributed by atoms with E-state index in [1.54, 1.807) is 0 Å². The topological polar surface area (TPSA) is 60.5 Å². The fourth-order valence-electron chi connectivity index (χ4n) is 5.48. The maximum atomic E-state index is 9.66. The molecule has 166 valence electrons. The summed E-state index contributed by atoms with van der Waals surface area (Å²) in [6.07, 6.45) is 8.57. The fraction of sp³-hybridized carbons (Fsp3) is 0.833. The monoisotopic (exact) mass is 412 g/mol. The minimum atomic E-state index is 0.276. The van der Waals surface area contributed by atoms with Gasteiger partial charge in [0.25, 0.3) is 0 Å². The Morgan fingerprint density at radius 1 is 0.900 bits per heavy atom. The van der Waals surface area contributed by atoms with Crippen LogP contribution in [0.4, 0.5) is 0 Å². The minimum absolute atomic E-state index is 0.276. The number of nitrogens with zero attached hydrogens (tertiary/aromatic N) is 6. The van der Waals surface area contributed by atoms with Crippen molar-refractivity contribution in [2.75, 3.05) is 52.9 Å². The normalized spacial score (nSPS) is 22.5. The molecule has 3 heterocycles. The lowest BCUT2D eigenvalue weighted by Crippen LogP contribution is -2.49. The standard InChI is InChI=1S/C24H40N6/c1-20(2)29-15-9-23(10-16-29)27(3)24(22(17-25)18-26)30-13-7-21(8-14-30)19-28-11-5-4-6-12-28/h20-21,23H,4-16,19H2,1-3H3. The molecule has 0 unspecified atom stereocenters. The third kappa shape index (κ3) is 5.68. The third-order valence-electron chi connectivity index (χ3n) is 7.44. The summed E-state index contributed by atoms with van der Waals surface area (Å²) in [6.45, 7) is 12.3. The zero-order chi connectivity index (χ0) is 21.5. The average Bonchev–Trinajstić information content (AvgIpc) is 2.78. The number of allylic oxidation sites excluding steroid dienone is 1. The molecule has 0 bridgehead atoms. The van der Waals surface area contributed by atoms with Crippen LogP contribution >= 0.6 is 0 Å². The van der Waals surface area contributed by atoms with E-state index in [1.165, 1.54) is 38.9 Å². The van der Waals surface area contributed by atoms with E-state index in [-0.39, 0.29) is 5.57 Å². The van der Waals surface area contributed by atoms with E-state index < -0.39 is 0 Å². The lowest BCUT2D eigenvalue weighted by molar-refractivity contribution is 0.0859. The number of piperidine rings is 3. The highest BCUT2D eigenvalue weighted by molar-refractivity contribution is 5.39. The second kappa shape index (κ2) is 11.0. The quantitative estimate of drug-likeness (QED) is 0.624. The van der Waals surface area contributed by atoms with Gasteiger partial charge >= 0.3 is 0 Å². The van der Waals surface area contributed by atoms with Gasteiger partial charge in [-0.15, -0.1) is 0 Å². The van der Waals surface area contributed by atoms with E-state index in [2.05, 4.69) is 52.6 Å². The van der Waals surface area contributed by atoms with Crippen LogP contribution in [0.3, 0.4) is 0 Å². The Kier molecular flexibility index (Phi) is 8.42. The molecule has 0 spiro atoms. The summed E-state index contributed by atoms with van der Waals surface area (Å²) in [6, 6.07) is 5.36. The number of likely N-dealkylation sites (tertiary alicyclic amines) is 3. The summed E-state index contributed by atoms with van der Waals surface area (Å²) < 4.78 is 0. The molecular formula is C24H40N6. The first-order valence-corrected chi connectivity index (χ1v) is 12.0. The summed E-state index contributed by atoms with van der Waals surface area (Å²) in [7, 11) is 2.10. The van der Waals surface area contributed by atoms with Gasteiger partial charge in [-0.05, 0) is 71.4 Å². The Hall–Kier alpha value is -1.76. The number of nitriles is 2. The lowest BCUT2D eigenvalue weighted by Gasteiger charge is -2.45. The number of hydrogen-bond donors (Lipinski definition) is 0. The summed E-state index contributed by atoms with van der Waals surface area (Å²) in [5, 5.41) is 19.3. The molecule has 6 nitrogen and oxygen atoms in total. The zero-order valence-electron chi connectivity index (χ0n) is 19.3. The van der Waals surface area contributed by atoms with Crippen LogP contribution in [0.25, 0.3) is 0 Å². The molecule has 3 aliphatic heterocycles. The molecule has 0 atom stereocenters. The van der Waals surface area contributed by atoms with Crippen LogP contribution < -0.4 is 0 Å². The lowest BCUT2D eigenvalue weighted by atomic mass is 9.94. The predicted octanol–water partition coefficient (Wildman–Crippen LogP) is 3.25. The molecule has 30 heavy (non-hydrogen) atoms. The van der Waals surface area contributed by atoms with Crippen LogP contribution in [0.2, 0.25) is 0 Å². The first kappa shape index (κ1) is 22.9. The van der Waals surface area contributed by atoms with Crippen molar-refractivity contribution < 1.29 is 0 Å². The van der Waals surface area contributed by atoms with Gasteiger partial charge in [0.05, 0.1) is 0 Å². The molecule has 0 N–H and O–H groups in total. The van der Waals surface area contributed by atoms with Gasteiger partial charge in [0, 0.05) is 51.9 Å². The van der Waals surface area contributed by atoms with Crippen molar-refractivity contribution in [3.8, 4) is 12.1 Å². The van der Waals surface area contributed by atoms with Gasteiger partial charge in [0.2, 0.25) is 0 Å². The molecule has 0 radical (unpaired) electrons. The van der Waals surface area contributed by atoms with Crippen LogP contribution in [-0.2, 0) is 0 Å². The van der Waals surface area contributed by atoms with E-state index in [9.17, 15) is 10.5 Å². The average molecular weight is 413 g/mol. The molecule has 3 fully saturated rings. The van der Waals surface area contributed by atoms with Gasteiger partial charge in [-0.3, -0.25) is 0 Å². The van der Waals surface area contributed by atoms with Crippen LogP contribution in [0.15, 0.2) is 11.4 Å². The van der Waals surface area contributed by atoms with Gasteiger partial charge in [-0.1, -0.05) is 6.42 Å². The minimum Gasteiger partial charge on any atom is -0.357 e. The second-order valence-electron chi connectivity index (χ2n) is 9.69. The third-order valence-corrected chi connectivity index (χ3v) is 7.44. The second-order valence-corrected chi connectivity index (χ2v) is 9.69. The summed E-state index contributed by atoms with van der Waals surface area (Å²) >= 11 is 0. The highest BCUT2D eigenvalue weighted by Gasteiger charge is 2.31. The van der Waals surface area contributed by atoms with Gasteiger partial charge in [0.1, 0.15) is 18.0 Å². The van der Waals surface area contributed by atoms with Crippen LogP contribution in [0.1, 0.15) is 58.8 Å². The zero-order valence-corrected chi connectivity index (χ0v) is 19.3. The molecule has 3 rings (SSSR count). The van der Waals surface area contributed by atoms with Crippen LogP contribution in [0.5, 0.6) is 0 Å². The van der Waals surface area contributed by atoms with Crippen molar-refractivity contribution in [3.63, 3.8) is 0 Å². The van der Waals surface area contributed by atoms with Crippen molar-refractivity contribution in [3.05, 3.63) is 11.4 Å². The smallest absolute Gasteiger partial charge is 0.169 e. The first-order valence-electron chi connectivity index (χ1n) is 12.0. The Balaban J connectivity index is 1.62. The Morgan fingerprint density at radius 2 is 1.50 bits per heavy atom. The summed E-state index contributed by atoms with van der Waals surface area (Å²) in [5.41, 5.74) is 0.276. The van der Waals surface area contributed by atoms with Crippen molar-refractivity contribution in [2.24, 2.45) is 5.92 Å². The molecule has 3 saturated heterocycles. The predicted molar refractivity (Wildman–Crippen MR) is 120 cm³/mol. The number of hydrogen-bond acceptors (Lipinski definition) is 6. The van der Waals surface area contributed by atoms with Gasteiger partial charge in [-0.2, -0.15) is 10.5 Å². The van der Waals surface area contributed by atoms with Crippen molar-refractivity contribution in [1.82, 2.24) is 19.6 Å². The Morgan fingerprint density at radius 3 is 2.03 bits per heavy atom. The van der Waals surface area contributed by atoms with E-state index in [0.29, 0.717) is 12.1 Å². The van der Waals surface area contributed by atoms with E-state index in [1.807, 2.05) is 0 Å². The highest BCUT2D eigenvalue weighted by Crippen LogP contribution is 2.28. The molecular weight excluding hydrogens is 372 g/mol. The molecule has 0 aromatic heterocycles. The van der Waals surface area contributed by atoms with Crippen LogP contribution in [0, 0.1) is 28.6 Å². The highest BCUT2D eigenvalue weighted by atomic mass is 15.3. The van der Waals surface area contributed by atoms with Crippen molar-refractivity contribution in [1.29, 1.82) is 10.5 Å². The molecule has 3 aliphatic rings. The maximum absolute atomic E-state index is 9.66. The molecule has 0 amide bonds. The van der Waals surface area contributed by atoms with Crippen LogP contribution in [-0.4, -0.2) is 84.5 Å².